The van der Waals surface area contributed by atoms with Crippen LogP contribution < -0.4 is 4.89 Å². The van der Waals surface area contributed by atoms with E-state index in [-0.39, 0.29) is 0 Å². The van der Waals surface area contributed by atoms with E-state index in [2.05, 4.69) is 4.52 Å². The summed E-state index contributed by atoms with van der Waals surface area (Å²) in [6.07, 6.45) is 0.130. The first kappa shape index (κ1) is 9.11. The summed E-state index contributed by atoms with van der Waals surface area (Å²) < 4.78 is 14.1. The van der Waals surface area contributed by atoms with Crippen LogP contribution >= 0.6 is 7.82 Å². The van der Waals surface area contributed by atoms with Gasteiger partial charge in [-0.3, -0.25) is 4.57 Å². The Balaban J connectivity index is 3.60. The van der Waals surface area contributed by atoms with E-state index in [1.807, 2.05) is 0 Å². The van der Waals surface area contributed by atoms with Gasteiger partial charge in [0.05, 0.1) is 6.10 Å². The molecule has 0 heterocycles. The fourth-order valence-corrected chi connectivity index (χ4v) is 0.906. The average Bonchev–Trinajstić information content (AvgIpc) is 1.62. The molecule has 0 saturated carbocycles. The van der Waals surface area contributed by atoms with Crippen LogP contribution in [0.5, 0.6) is 0 Å². The first-order valence-electron chi connectivity index (χ1n) is 2.68. The largest absolute Gasteiger partial charge is 0.756 e. The standard InChI is InChI=1S/C4H11O4P/c1-3-4(2)8-9(5,6)7/h4H,3H2,1-2H3,(H2,5,6,7)/p-1. The molecular weight excluding hydrogens is 143 g/mol. The van der Waals surface area contributed by atoms with Crippen molar-refractivity contribution in [3.05, 3.63) is 0 Å². The van der Waals surface area contributed by atoms with Crippen molar-refractivity contribution in [3.63, 3.8) is 0 Å². The summed E-state index contributed by atoms with van der Waals surface area (Å²) in [6, 6.07) is 0. The highest BCUT2D eigenvalue weighted by Crippen LogP contribution is 2.32. The van der Waals surface area contributed by atoms with Gasteiger partial charge in [-0.1, -0.05) is 6.92 Å². The zero-order valence-electron chi connectivity index (χ0n) is 5.40. The van der Waals surface area contributed by atoms with Gasteiger partial charge in [0.15, 0.2) is 0 Å². The van der Waals surface area contributed by atoms with E-state index < -0.39 is 13.9 Å². The SMILES string of the molecule is CCC(C)OP(=O)([O-])O. The number of rotatable bonds is 3. The van der Waals surface area contributed by atoms with E-state index in [0.29, 0.717) is 6.42 Å². The molecule has 2 atom stereocenters. The van der Waals surface area contributed by atoms with Gasteiger partial charge < -0.3 is 14.3 Å². The first-order chi connectivity index (χ1) is 3.95. The van der Waals surface area contributed by atoms with Crippen LogP contribution in [0, 0.1) is 0 Å². The van der Waals surface area contributed by atoms with Crippen molar-refractivity contribution in [2.75, 3.05) is 0 Å². The van der Waals surface area contributed by atoms with E-state index in [0.717, 1.165) is 0 Å². The number of hydrogen-bond donors (Lipinski definition) is 1. The lowest BCUT2D eigenvalue weighted by Crippen LogP contribution is -2.10. The maximum Gasteiger partial charge on any atom is 0.265 e. The molecular formula is C4H10O4P-. The predicted molar refractivity (Wildman–Crippen MR) is 30.7 cm³/mol. The van der Waals surface area contributed by atoms with Gasteiger partial charge >= 0.3 is 0 Å². The molecule has 4 nitrogen and oxygen atoms in total. The summed E-state index contributed by atoms with van der Waals surface area (Å²) in [4.78, 5) is 18.1. The number of hydrogen-bond acceptors (Lipinski definition) is 3. The Bertz CT molecular complexity index is 118. The van der Waals surface area contributed by atoms with Crippen molar-refractivity contribution in [2.45, 2.75) is 26.4 Å². The molecule has 0 aliphatic heterocycles. The molecule has 2 unspecified atom stereocenters. The zero-order valence-corrected chi connectivity index (χ0v) is 6.30. The lowest BCUT2D eigenvalue weighted by molar-refractivity contribution is -0.223. The van der Waals surface area contributed by atoms with Crippen molar-refractivity contribution in [3.8, 4) is 0 Å². The van der Waals surface area contributed by atoms with Crippen LogP contribution in [-0.4, -0.2) is 11.0 Å². The minimum absolute atomic E-state index is 0.432. The van der Waals surface area contributed by atoms with Crippen molar-refractivity contribution in [2.24, 2.45) is 0 Å². The molecule has 0 saturated heterocycles. The third kappa shape index (κ3) is 5.99. The Kier molecular flexibility index (Phi) is 3.36. The highest BCUT2D eigenvalue weighted by Gasteiger charge is 2.06. The summed E-state index contributed by atoms with van der Waals surface area (Å²) in [5, 5.41) is 0. The summed E-state index contributed by atoms with van der Waals surface area (Å²) in [5.41, 5.74) is 0. The second-order valence-corrected chi connectivity index (χ2v) is 2.94. The fourth-order valence-electron chi connectivity index (χ4n) is 0.302. The minimum atomic E-state index is -4.49. The molecule has 0 aromatic carbocycles. The summed E-state index contributed by atoms with van der Waals surface area (Å²) >= 11 is 0. The van der Waals surface area contributed by atoms with Crippen LogP contribution in [0.4, 0.5) is 0 Å². The predicted octanol–water partition coefficient (Wildman–Crippen LogP) is 0.262. The van der Waals surface area contributed by atoms with Gasteiger partial charge in [0, 0.05) is 0 Å². The van der Waals surface area contributed by atoms with Gasteiger partial charge in [-0.15, -0.1) is 0 Å². The Morgan fingerprint density at radius 2 is 2.33 bits per heavy atom. The lowest BCUT2D eigenvalue weighted by Gasteiger charge is -2.19. The van der Waals surface area contributed by atoms with Crippen LogP contribution in [0.1, 0.15) is 20.3 Å². The molecule has 0 aliphatic rings. The van der Waals surface area contributed by atoms with Crippen molar-refractivity contribution >= 4 is 7.82 Å². The smallest absolute Gasteiger partial charge is 0.265 e. The van der Waals surface area contributed by atoms with E-state index in [1.165, 1.54) is 0 Å². The van der Waals surface area contributed by atoms with Gasteiger partial charge in [0.25, 0.3) is 7.82 Å². The molecule has 56 valence electrons. The van der Waals surface area contributed by atoms with E-state index >= 15 is 0 Å². The van der Waals surface area contributed by atoms with Crippen LogP contribution in [-0.2, 0) is 9.09 Å². The van der Waals surface area contributed by atoms with Crippen LogP contribution in [0.3, 0.4) is 0 Å². The zero-order chi connectivity index (χ0) is 7.49. The molecule has 1 N–H and O–H groups in total. The van der Waals surface area contributed by atoms with E-state index in [1.54, 1.807) is 13.8 Å². The quantitative estimate of drug-likeness (QED) is 0.590. The molecule has 0 aromatic rings. The second kappa shape index (κ2) is 3.32. The van der Waals surface area contributed by atoms with Crippen molar-refractivity contribution < 1.29 is 18.9 Å². The summed E-state index contributed by atoms with van der Waals surface area (Å²) in [7, 11) is -4.49. The minimum Gasteiger partial charge on any atom is -0.756 e. The molecule has 0 bridgehead atoms. The Hall–Kier alpha value is 0.110. The van der Waals surface area contributed by atoms with Crippen LogP contribution in [0.15, 0.2) is 0 Å². The maximum atomic E-state index is 9.96. The van der Waals surface area contributed by atoms with E-state index in [4.69, 9.17) is 4.89 Å². The molecule has 9 heavy (non-hydrogen) atoms. The van der Waals surface area contributed by atoms with Crippen LogP contribution in [0.2, 0.25) is 0 Å². The third-order valence-electron chi connectivity index (χ3n) is 0.888. The second-order valence-electron chi connectivity index (χ2n) is 1.79. The van der Waals surface area contributed by atoms with Gasteiger partial charge in [0.2, 0.25) is 0 Å². The fraction of sp³-hybridized carbons (Fsp3) is 1.00. The molecule has 0 aliphatic carbocycles. The molecule has 0 rings (SSSR count). The molecule has 0 amide bonds. The molecule has 0 radical (unpaired) electrons. The monoisotopic (exact) mass is 153 g/mol. The lowest BCUT2D eigenvalue weighted by atomic mass is 10.3. The van der Waals surface area contributed by atoms with Gasteiger partial charge in [-0.2, -0.15) is 0 Å². The van der Waals surface area contributed by atoms with Gasteiger partial charge in [0.1, 0.15) is 0 Å². The first-order valence-corrected chi connectivity index (χ1v) is 4.17. The molecule has 0 fully saturated rings. The molecule has 5 heteroatoms. The summed E-state index contributed by atoms with van der Waals surface area (Å²) in [6.45, 7) is 3.33. The number of phosphoric ester groups is 1. The molecule has 0 aromatic heterocycles. The van der Waals surface area contributed by atoms with Crippen LogP contribution in [0.25, 0.3) is 0 Å². The third-order valence-corrected chi connectivity index (χ3v) is 1.51. The van der Waals surface area contributed by atoms with E-state index in [9.17, 15) is 9.46 Å². The Morgan fingerprint density at radius 1 is 1.89 bits per heavy atom. The summed E-state index contributed by atoms with van der Waals surface area (Å²) in [5.74, 6) is 0. The van der Waals surface area contributed by atoms with Gasteiger partial charge in [-0.05, 0) is 13.3 Å². The highest BCUT2D eigenvalue weighted by atomic mass is 31.2. The highest BCUT2D eigenvalue weighted by molar-refractivity contribution is 7.44. The number of phosphoric acid groups is 1. The maximum absolute atomic E-state index is 9.96. The molecule has 0 spiro atoms. The average molecular weight is 153 g/mol. The van der Waals surface area contributed by atoms with Crippen molar-refractivity contribution in [1.29, 1.82) is 0 Å². The van der Waals surface area contributed by atoms with Crippen molar-refractivity contribution in [1.82, 2.24) is 0 Å². The normalized spacial score (nSPS) is 20.9. The Labute approximate surface area is 54.1 Å². The topological polar surface area (TPSA) is 69.6 Å². The Morgan fingerprint density at radius 3 is 2.44 bits per heavy atom. The van der Waals surface area contributed by atoms with Gasteiger partial charge in [-0.25, -0.2) is 0 Å².